The Kier molecular flexibility index (Phi) is 3.23. The van der Waals surface area contributed by atoms with Crippen molar-refractivity contribution in [1.82, 2.24) is 9.97 Å². The van der Waals surface area contributed by atoms with E-state index in [4.69, 9.17) is 4.74 Å². The molecule has 1 heterocycles. The lowest BCUT2D eigenvalue weighted by Gasteiger charge is -2.06. The lowest BCUT2D eigenvalue weighted by molar-refractivity contribution is 0.111. The molecule has 0 spiro atoms. The van der Waals surface area contributed by atoms with Crippen molar-refractivity contribution in [1.29, 1.82) is 0 Å². The second kappa shape index (κ2) is 4.82. The van der Waals surface area contributed by atoms with Gasteiger partial charge in [-0.2, -0.15) is 0 Å². The van der Waals surface area contributed by atoms with Gasteiger partial charge in [0.05, 0.1) is 12.8 Å². The summed E-state index contributed by atoms with van der Waals surface area (Å²) in [6.45, 7) is 2.01. The van der Waals surface area contributed by atoms with Crippen molar-refractivity contribution in [2.75, 3.05) is 7.11 Å². The number of aryl methyl sites for hydroxylation is 1. The number of nitrogens with one attached hydrogen (secondary N) is 1. The molecule has 0 fully saturated rings. The number of carbonyl (C=O) groups excluding carboxylic acids is 1. The molecule has 0 aliphatic carbocycles. The van der Waals surface area contributed by atoms with Gasteiger partial charge < -0.3 is 9.72 Å². The largest absolute Gasteiger partial charge is 0.496 e. The highest BCUT2D eigenvalue weighted by Gasteiger charge is 2.13. The third-order valence-electron chi connectivity index (χ3n) is 2.62. The molecule has 4 heteroatoms. The Morgan fingerprint density at radius 3 is 2.82 bits per heavy atom. The maximum Gasteiger partial charge on any atom is 0.185 e. The number of rotatable bonds is 4. The van der Waals surface area contributed by atoms with Crippen molar-refractivity contribution in [3.63, 3.8) is 0 Å². The van der Waals surface area contributed by atoms with E-state index >= 15 is 0 Å². The van der Waals surface area contributed by atoms with Gasteiger partial charge in [-0.05, 0) is 18.6 Å². The molecule has 0 atom stereocenters. The number of ether oxygens (including phenoxy) is 1. The molecule has 1 aromatic carbocycles. The summed E-state index contributed by atoms with van der Waals surface area (Å²) in [5.41, 5.74) is 2.62. The van der Waals surface area contributed by atoms with E-state index < -0.39 is 0 Å². The Hall–Kier alpha value is -2.10. The Balaban J connectivity index is 2.58. The molecular formula is C13H14N2O2. The molecule has 0 bridgehead atoms. The standard InChI is InChI=1S/C13H14N2O2/c1-3-10-13(15-12(8-16)14-10)9-6-4-5-7-11(9)17-2/h4-8H,3H2,1-2H3,(H,14,15). The summed E-state index contributed by atoms with van der Waals surface area (Å²) in [6.07, 6.45) is 1.51. The van der Waals surface area contributed by atoms with Gasteiger partial charge in [0.15, 0.2) is 12.1 Å². The molecular weight excluding hydrogens is 216 g/mol. The first-order valence-electron chi connectivity index (χ1n) is 5.47. The highest BCUT2D eigenvalue weighted by molar-refractivity contribution is 5.75. The van der Waals surface area contributed by atoms with Gasteiger partial charge >= 0.3 is 0 Å². The molecule has 88 valence electrons. The zero-order chi connectivity index (χ0) is 12.3. The average Bonchev–Trinajstić information content (AvgIpc) is 2.81. The number of methoxy groups -OCH3 is 1. The highest BCUT2D eigenvalue weighted by atomic mass is 16.5. The normalized spacial score (nSPS) is 10.2. The molecule has 2 aromatic rings. The second-order valence-corrected chi connectivity index (χ2v) is 3.62. The molecule has 17 heavy (non-hydrogen) atoms. The number of para-hydroxylation sites is 1. The number of carbonyl (C=O) groups is 1. The van der Waals surface area contributed by atoms with Gasteiger partial charge in [0.2, 0.25) is 0 Å². The average molecular weight is 230 g/mol. The molecule has 4 nitrogen and oxygen atoms in total. The molecule has 0 aliphatic rings. The van der Waals surface area contributed by atoms with Crippen LogP contribution in [0.1, 0.15) is 23.2 Å². The molecule has 0 saturated heterocycles. The molecule has 1 aromatic heterocycles. The Labute approximate surface area is 99.7 Å². The Morgan fingerprint density at radius 1 is 1.41 bits per heavy atom. The van der Waals surface area contributed by atoms with Crippen molar-refractivity contribution >= 4 is 6.29 Å². The van der Waals surface area contributed by atoms with Crippen LogP contribution in [0, 0.1) is 0 Å². The van der Waals surface area contributed by atoms with E-state index in [-0.39, 0.29) is 0 Å². The Morgan fingerprint density at radius 2 is 2.18 bits per heavy atom. The van der Waals surface area contributed by atoms with Crippen LogP contribution in [-0.2, 0) is 6.42 Å². The van der Waals surface area contributed by atoms with Crippen LogP contribution in [0.2, 0.25) is 0 Å². The third-order valence-corrected chi connectivity index (χ3v) is 2.62. The van der Waals surface area contributed by atoms with E-state index in [1.807, 2.05) is 31.2 Å². The van der Waals surface area contributed by atoms with E-state index in [1.54, 1.807) is 7.11 Å². The number of hydrogen-bond acceptors (Lipinski definition) is 3. The van der Waals surface area contributed by atoms with Gasteiger partial charge in [-0.3, -0.25) is 4.79 Å². The SMILES string of the molecule is CCc1[nH]c(C=O)nc1-c1ccccc1OC. The van der Waals surface area contributed by atoms with Crippen molar-refractivity contribution < 1.29 is 9.53 Å². The summed E-state index contributed by atoms with van der Waals surface area (Å²) in [7, 11) is 1.62. The topological polar surface area (TPSA) is 55.0 Å². The summed E-state index contributed by atoms with van der Waals surface area (Å²) >= 11 is 0. The zero-order valence-corrected chi connectivity index (χ0v) is 9.86. The molecule has 0 radical (unpaired) electrons. The molecule has 1 N–H and O–H groups in total. The second-order valence-electron chi connectivity index (χ2n) is 3.62. The maximum atomic E-state index is 10.7. The number of H-pyrrole nitrogens is 1. The number of aldehydes is 1. The number of aromatic amines is 1. The quantitative estimate of drug-likeness (QED) is 0.821. The van der Waals surface area contributed by atoms with Crippen LogP contribution in [0.5, 0.6) is 5.75 Å². The summed E-state index contributed by atoms with van der Waals surface area (Å²) < 4.78 is 5.30. The first-order chi connectivity index (χ1) is 8.30. The van der Waals surface area contributed by atoms with Crippen LogP contribution in [0.4, 0.5) is 0 Å². The van der Waals surface area contributed by atoms with Gasteiger partial charge in [0.25, 0.3) is 0 Å². The van der Waals surface area contributed by atoms with Gasteiger partial charge in [0, 0.05) is 11.3 Å². The van der Waals surface area contributed by atoms with Crippen molar-refractivity contribution in [2.24, 2.45) is 0 Å². The van der Waals surface area contributed by atoms with Crippen molar-refractivity contribution in [2.45, 2.75) is 13.3 Å². The first kappa shape index (κ1) is 11.4. The van der Waals surface area contributed by atoms with Crippen LogP contribution in [-0.4, -0.2) is 23.4 Å². The molecule has 0 unspecified atom stereocenters. The van der Waals surface area contributed by atoms with Gasteiger partial charge in [-0.1, -0.05) is 19.1 Å². The lowest BCUT2D eigenvalue weighted by Crippen LogP contribution is -1.90. The zero-order valence-electron chi connectivity index (χ0n) is 9.86. The molecule has 0 aliphatic heterocycles. The van der Waals surface area contributed by atoms with Crippen molar-refractivity contribution in [3.8, 4) is 17.0 Å². The summed E-state index contributed by atoms with van der Waals surface area (Å²) in [4.78, 5) is 18.0. The molecule has 2 rings (SSSR count). The maximum absolute atomic E-state index is 10.7. The summed E-state index contributed by atoms with van der Waals surface area (Å²) in [6, 6.07) is 7.64. The predicted molar refractivity (Wildman–Crippen MR) is 65.3 cm³/mol. The van der Waals surface area contributed by atoms with Crippen LogP contribution < -0.4 is 4.74 Å². The van der Waals surface area contributed by atoms with Gasteiger partial charge in [-0.15, -0.1) is 0 Å². The summed E-state index contributed by atoms with van der Waals surface area (Å²) in [5.74, 6) is 1.11. The van der Waals surface area contributed by atoms with Gasteiger partial charge in [0.1, 0.15) is 5.75 Å². The first-order valence-corrected chi connectivity index (χ1v) is 5.47. The van der Waals surface area contributed by atoms with E-state index in [0.29, 0.717) is 5.82 Å². The highest BCUT2D eigenvalue weighted by Crippen LogP contribution is 2.30. The van der Waals surface area contributed by atoms with Crippen LogP contribution in [0.3, 0.4) is 0 Å². The molecule has 0 saturated carbocycles. The van der Waals surface area contributed by atoms with Crippen LogP contribution >= 0.6 is 0 Å². The number of benzene rings is 1. The van der Waals surface area contributed by atoms with E-state index in [0.717, 1.165) is 35.4 Å². The van der Waals surface area contributed by atoms with Gasteiger partial charge in [-0.25, -0.2) is 4.98 Å². The molecule has 0 amide bonds. The fourth-order valence-corrected chi connectivity index (χ4v) is 1.80. The number of nitrogens with zero attached hydrogens (tertiary/aromatic N) is 1. The third kappa shape index (κ3) is 2.06. The predicted octanol–water partition coefficient (Wildman–Crippen LogP) is 2.46. The van der Waals surface area contributed by atoms with E-state index in [2.05, 4.69) is 9.97 Å². The number of hydrogen-bond donors (Lipinski definition) is 1. The lowest BCUT2D eigenvalue weighted by atomic mass is 10.1. The minimum atomic E-state index is 0.350. The monoisotopic (exact) mass is 230 g/mol. The summed E-state index contributed by atoms with van der Waals surface area (Å²) in [5, 5.41) is 0. The number of aromatic nitrogens is 2. The van der Waals surface area contributed by atoms with E-state index in [1.165, 1.54) is 0 Å². The minimum Gasteiger partial charge on any atom is -0.496 e. The fraction of sp³-hybridized carbons (Fsp3) is 0.231. The Bertz CT molecular complexity index is 532. The van der Waals surface area contributed by atoms with E-state index in [9.17, 15) is 4.79 Å². The van der Waals surface area contributed by atoms with Crippen molar-refractivity contribution in [3.05, 3.63) is 35.8 Å². The smallest absolute Gasteiger partial charge is 0.185 e. The number of imidazole rings is 1. The minimum absolute atomic E-state index is 0.350. The van der Waals surface area contributed by atoms with Crippen LogP contribution in [0.25, 0.3) is 11.3 Å². The van der Waals surface area contributed by atoms with Crippen LogP contribution in [0.15, 0.2) is 24.3 Å². The fourth-order valence-electron chi connectivity index (χ4n) is 1.80.